The van der Waals surface area contributed by atoms with Crippen LogP contribution in [0.15, 0.2) is 24.5 Å². The van der Waals surface area contributed by atoms with Crippen molar-refractivity contribution in [2.45, 2.75) is 0 Å². The van der Waals surface area contributed by atoms with Crippen LogP contribution in [0, 0.1) is 9.85 Å². The first-order valence-electron chi connectivity index (χ1n) is 2.45. The summed E-state index contributed by atoms with van der Waals surface area (Å²) in [4.78, 5) is 3.86. The van der Waals surface area contributed by atoms with Gasteiger partial charge in [-0.25, -0.2) is 0 Å². The van der Waals surface area contributed by atoms with E-state index in [2.05, 4.69) is 14.8 Å². The number of aromatic nitrogens is 1. The van der Waals surface area contributed by atoms with Crippen molar-refractivity contribution >= 4 is 22.6 Å². The fourth-order valence-electron chi connectivity index (χ4n) is 0.490. The van der Waals surface area contributed by atoms with Crippen molar-refractivity contribution in [2.75, 3.05) is 0 Å². The third-order valence-corrected chi connectivity index (χ3v) is 1.14. The van der Waals surface area contributed by atoms with E-state index in [1.807, 2.05) is 34.7 Å². The Bertz CT molecular complexity index is 232. The number of hydrogen-bond acceptors (Lipinski definition) is 1. The molecule has 0 unspecified atom stereocenters. The summed E-state index contributed by atoms with van der Waals surface area (Å²) >= 11 is 2.01. The molecular weight excluding hydrogens is 225 g/mol. The van der Waals surface area contributed by atoms with Crippen LogP contribution in [0.1, 0.15) is 5.56 Å². The van der Waals surface area contributed by atoms with Crippen LogP contribution in [0.2, 0.25) is 0 Å². The normalized spacial score (nSPS) is 7.67. The van der Waals surface area contributed by atoms with Crippen molar-refractivity contribution in [3.63, 3.8) is 0 Å². The fraction of sp³-hybridized carbons (Fsp3) is 0. The predicted octanol–water partition coefficient (Wildman–Crippen LogP) is 1.83. The number of nitrogens with zero attached hydrogens (tertiary/aromatic N) is 1. The monoisotopic (exact) mass is 229 g/mol. The van der Waals surface area contributed by atoms with Crippen LogP contribution < -0.4 is 0 Å². The summed E-state index contributed by atoms with van der Waals surface area (Å²) in [6.45, 7) is 0. The summed E-state index contributed by atoms with van der Waals surface area (Å²) in [7, 11) is 0. The first-order chi connectivity index (χ1) is 4.43. The van der Waals surface area contributed by atoms with E-state index in [-0.39, 0.29) is 0 Å². The molecule has 2 heteroatoms. The highest BCUT2D eigenvalue weighted by molar-refractivity contribution is 14.1. The van der Waals surface area contributed by atoms with Gasteiger partial charge < -0.3 is 0 Å². The average molecular weight is 229 g/mol. The summed E-state index contributed by atoms with van der Waals surface area (Å²) in [5.74, 6) is 2.90. The van der Waals surface area contributed by atoms with Gasteiger partial charge in [0.15, 0.2) is 0 Å². The minimum Gasteiger partial charge on any atom is -0.265 e. The molecule has 0 saturated carbocycles. The number of rotatable bonds is 0. The molecule has 0 atom stereocenters. The minimum atomic E-state index is 1.01. The summed E-state index contributed by atoms with van der Waals surface area (Å²) < 4.78 is 2.78. The molecule has 44 valence electrons. The van der Waals surface area contributed by atoms with Crippen molar-refractivity contribution in [1.29, 1.82) is 0 Å². The molecule has 0 amide bonds. The van der Waals surface area contributed by atoms with Crippen molar-refractivity contribution < 1.29 is 0 Å². The number of hydrogen-bond donors (Lipinski definition) is 0. The highest BCUT2D eigenvalue weighted by atomic mass is 127. The maximum atomic E-state index is 3.86. The molecule has 9 heavy (non-hydrogen) atoms. The van der Waals surface area contributed by atoms with Gasteiger partial charge in [0.2, 0.25) is 0 Å². The van der Waals surface area contributed by atoms with Gasteiger partial charge in [-0.05, 0) is 16.1 Å². The lowest BCUT2D eigenvalue weighted by molar-refractivity contribution is 1.32. The Balaban J connectivity index is 2.94. The molecule has 0 aliphatic carbocycles. The van der Waals surface area contributed by atoms with Gasteiger partial charge in [0.1, 0.15) is 0 Å². The molecular formula is C7H4IN. The van der Waals surface area contributed by atoms with Gasteiger partial charge in [0.05, 0.1) is 0 Å². The zero-order valence-electron chi connectivity index (χ0n) is 4.63. The van der Waals surface area contributed by atoms with Gasteiger partial charge in [-0.3, -0.25) is 4.98 Å². The van der Waals surface area contributed by atoms with Crippen molar-refractivity contribution in [3.8, 4) is 9.85 Å². The summed E-state index contributed by atoms with van der Waals surface area (Å²) in [5, 5.41) is 0. The van der Waals surface area contributed by atoms with Crippen LogP contribution in [0.5, 0.6) is 0 Å². The Hall–Kier alpha value is -0.560. The van der Waals surface area contributed by atoms with Crippen LogP contribution in [0.4, 0.5) is 0 Å². The van der Waals surface area contributed by atoms with Gasteiger partial charge in [-0.2, -0.15) is 0 Å². The van der Waals surface area contributed by atoms with Crippen LogP contribution in [0.25, 0.3) is 0 Å². The molecule has 0 N–H and O–H groups in total. The zero-order valence-corrected chi connectivity index (χ0v) is 6.79. The Kier molecular flexibility index (Phi) is 2.52. The molecule has 0 aromatic carbocycles. The largest absolute Gasteiger partial charge is 0.265 e. The molecule has 1 aromatic heterocycles. The second-order valence-corrected chi connectivity index (χ2v) is 1.99. The van der Waals surface area contributed by atoms with E-state index in [1.165, 1.54) is 0 Å². The summed E-state index contributed by atoms with van der Waals surface area (Å²) in [6, 6.07) is 3.76. The quantitative estimate of drug-likeness (QED) is 0.488. The lowest BCUT2D eigenvalue weighted by Crippen LogP contribution is -1.71. The zero-order chi connectivity index (χ0) is 6.53. The van der Waals surface area contributed by atoms with Crippen LogP contribution in [0.3, 0.4) is 0 Å². The van der Waals surface area contributed by atoms with Crippen LogP contribution in [-0.4, -0.2) is 4.98 Å². The first kappa shape index (κ1) is 6.56. The summed E-state index contributed by atoms with van der Waals surface area (Å²) in [5.41, 5.74) is 1.01. The number of pyridine rings is 1. The Morgan fingerprint density at radius 2 is 2.00 bits per heavy atom. The SMILES string of the molecule is IC#Cc1ccncc1. The highest BCUT2D eigenvalue weighted by Crippen LogP contribution is 1.92. The van der Waals surface area contributed by atoms with Crippen LogP contribution in [-0.2, 0) is 0 Å². The van der Waals surface area contributed by atoms with E-state index in [1.54, 1.807) is 12.4 Å². The molecule has 0 spiro atoms. The average Bonchev–Trinajstić information content (AvgIpc) is 1.91. The molecule has 0 fully saturated rings. The molecule has 0 bridgehead atoms. The molecule has 0 saturated heterocycles. The maximum absolute atomic E-state index is 3.86. The third-order valence-electron chi connectivity index (χ3n) is 0.872. The lowest BCUT2D eigenvalue weighted by Gasteiger charge is -1.82. The Morgan fingerprint density at radius 3 is 2.56 bits per heavy atom. The second kappa shape index (κ2) is 3.46. The second-order valence-electron chi connectivity index (χ2n) is 1.46. The van der Waals surface area contributed by atoms with Gasteiger partial charge >= 0.3 is 0 Å². The fourth-order valence-corrected chi connectivity index (χ4v) is 0.801. The van der Waals surface area contributed by atoms with E-state index in [0.29, 0.717) is 0 Å². The van der Waals surface area contributed by atoms with Gasteiger partial charge in [0, 0.05) is 40.5 Å². The molecule has 1 aromatic rings. The number of halogens is 1. The smallest absolute Gasteiger partial charge is 0.0284 e. The third kappa shape index (κ3) is 2.02. The van der Waals surface area contributed by atoms with E-state index < -0.39 is 0 Å². The molecule has 0 radical (unpaired) electrons. The van der Waals surface area contributed by atoms with E-state index in [0.717, 1.165) is 5.56 Å². The standard InChI is InChI=1S/C7H4IN/c8-4-1-7-2-5-9-6-3-7/h2-3,5-6H. The Labute approximate surface area is 67.6 Å². The van der Waals surface area contributed by atoms with Crippen molar-refractivity contribution in [1.82, 2.24) is 4.98 Å². The van der Waals surface area contributed by atoms with Gasteiger partial charge in [-0.1, -0.05) is 5.92 Å². The topological polar surface area (TPSA) is 12.9 Å². The highest BCUT2D eigenvalue weighted by Gasteiger charge is 1.78. The maximum Gasteiger partial charge on any atom is 0.0284 e. The lowest BCUT2D eigenvalue weighted by atomic mass is 10.3. The molecule has 1 heterocycles. The molecule has 1 nitrogen and oxygen atoms in total. The summed E-state index contributed by atoms with van der Waals surface area (Å²) in [6.07, 6.45) is 3.46. The van der Waals surface area contributed by atoms with E-state index in [9.17, 15) is 0 Å². The Morgan fingerprint density at radius 1 is 1.33 bits per heavy atom. The first-order valence-corrected chi connectivity index (χ1v) is 3.53. The molecule has 0 aliphatic heterocycles. The molecule has 0 aliphatic rings. The van der Waals surface area contributed by atoms with Gasteiger partial charge in [0.25, 0.3) is 0 Å². The van der Waals surface area contributed by atoms with Gasteiger partial charge in [-0.15, -0.1) is 0 Å². The van der Waals surface area contributed by atoms with Crippen molar-refractivity contribution in [3.05, 3.63) is 30.1 Å². The van der Waals surface area contributed by atoms with E-state index in [4.69, 9.17) is 0 Å². The predicted molar refractivity (Wildman–Crippen MR) is 45.1 cm³/mol. The minimum absolute atomic E-state index is 1.01. The van der Waals surface area contributed by atoms with Crippen molar-refractivity contribution in [2.24, 2.45) is 0 Å². The molecule has 1 rings (SSSR count). The van der Waals surface area contributed by atoms with Crippen LogP contribution >= 0.6 is 22.6 Å². The van der Waals surface area contributed by atoms with E-state index >= 15 is 0 Å².